The van der Waals surface area contributed by atoms with Crippen molar-refractivity contribution in [2.24, 2.45) is 7.05 Å². The average Bonchev–Trinajstić information content (AvgIpc) is 3.59. The van der Waals surface area contributed by atoms with Crippen molar-refractivity contribution >= 4 is 11.3 Å². The van der Waals surface area contributed by atoms with Gasteiger partial charge in [-0.1, -0.05) is 56.3 Å². The highest BCUT2D eigenvalue weighted by atomic mass is 19.1. The summed E-state index contributed by atoms with van der Waals surface area (Å²) in [6.45, 7) is 4.13. The number of hydrogen-bond donors (Lipinski definition) is 1. The van der Waals surface area contributed by atoms with Crippen LogP contribution in [0, 0.1) is 5.82 Å². The van der Waals surface area contributed by atoms with E-state index in [1.165, 1.54) is 6.07 Å². The molecule has 4 aromatic heterocycles. The molecule has 0 aliphatic carbocycles. The van der Waals surface area contributed by atoms with Crippen LogP contribution >= 0.6 is 0 Å². The number of aryl methyl sites for hydroxylation is 1. The highest BCUT2D eigenvalue weighted by Gasteiger charge is 2.43. The van der Waals surface area contributed by atoms with Gasteiger partial charge in [-0.25, -0.2) is 29.0 Å². The minimum absolute atomic E-state index is 0.171. The smallest absolute Gasteiger partial charge is 0.223 e. The lowest BCUT2D eigenvalue weighted by atomic mass is 9.69. The molecule has 5 heterocycles. The first kappa shape index (κ1) is 23.1. The first-order valence-corrected chi connectivity index (χ1v) is 12.4. The SMILES string of the molecule is Cn1nnnc1-c1ccc(-c2ccc3c(n2)Oc2c(F)cccc2C3C(C)(C)c2nc3nccnc3[nH]2)cc1. The number of imidazole rings is 1. The third kappa shape index (κ3) is 3.65. The van der Waals surface area contributed by atoms with Gasteiger partial charge in [-0.15, -0.1) is 5.10 Å². The Labute approximate surface area is 222 Å². The fourth-order valence-corrected chi connectivity index (χ4v) is 5.27. The van der Waals surface area contributed by atoms with Crippen LogP contribution in [0.5, 0.6) is 11.6 Å². The number of aromatic amines is 1. The number of nitrogens with one attached hydrogen (secondary N) is 1. The van der Waals surface area contributed by atoms with Gasteiger partial charge >= 0.3 is 0 Å². The Morgan fingerprint density at radius 1 is 0.923 bits per heavy atom. The van der Waals surface area contributed by atoms with Crippen LogP contribution in [-0.4, -0.2) is 45.1 Å². The molecule has 39 heavy (non-hydrogen) atoms. The van der Waals surface area contributed by atoms with E-state index in [0.29, 0.717) is 34.5 Å². The Morgan fingerprint density at radius 2 is 1.72 bits per heavy atom. The van der Waals surface area contributed by atoms with Crippen LogP contribution in [0.1, 0.15) is 36.7 Å². The number of nitrogens with zero attached hydrogens (tertiary/aromatic N) is 8. The molecule has 2 aromatic carbocycles. The third-order valence-corrected chi connectivity index (χ3v) is 7.23. The average molecular weight is 520 g/mol. The zero-order valence-corrected chi connectivity index (χ0v) is 21.3. The summed E-state index contributed by atoms with van der Waals surface area (Å²) < 4.78 is 22.8. The maximum absolute atomic E-state index is 15.1. The van der Waals surface area contributed by atoms with Gasteiger partial charge in [0, 0.05) is 53.0 Å². The van der Waals surface area contributed by atoms with E-state index < -0.39 is 11.2 Å². The Bertz CT molecular complexity index is 1830. The Balaban J connectivity index is 1.33. The lowest BCUT2D eigenvalue weighted by Gasteiger charge is -2.37. The van der Waals surface area contributed by atoms with E-state index in [9.17, 15) is 0 Å². The van der Waals surface area contributed by atoms with Gasteiger partial charge in [-0.05, 0) is 22.6 Å². The standard InChI is InChI=1S/C28H22FN9O/c1-28(2,27-33-23-24(34-27)31-14-13-30-23)21-17-5-4-6-19(29)22(17)39-26-18(21)11-12-20(32-26)15-7-9-16(10-8-15)25-35-36-37-38(25)3/h4-14,21H,1-3H3,(H,30,31,33,34). The molecule has 192 valence electrons. The molecular weight excluding hydrogens is 497 g/mol. The first-order chi connectivity index (χ1) is 18.9. The van der Waals surface area contributed by atoms with Crippen molar-refractivity contribution in [3.63, 3.8) is 0 Å². The van der Waals surface area contributed by atoms with Gasteiger partial charge in [0.25, 0.3) is 0 Å². The second kappa shape index (κ2) is 8.48. The number of H-pyrrole nitrogens is 1. The van der Waals surface area contributed by atoms with E-state index in [4.69, 9.17) is 14.7 Å². The molecule has 6 aromatic rings. The van der Waals surface area contributed by atoms with Gasteiger partial charge in [0.05, 0.1) is 5.69 Å². The molecule has 0 amide bonds. The van der Waals surface area contributed by atoms with Gasteiger partial charge in [-0.2, -0.15) is 0 Å². The molecule has 0 fully saturated rings. The predicted octanol–water partition coefficient (Wildman–Crippen LogP) is 4.96. The number of para-hydroxylation sites is 1. The molecule has 0 bridgehead atoms. The zero-order valence-electron chi connectivity index (χ0n) is 21.3. The molecule has 1 aliphatic rings. The van der Waals surface area contributed by atoms with E-state index in [2.05, 4.69) is 44.3 Å². The lowest BCUT2D eigenvalue weighted by molar-refractivity contribution is 0.353. The number of pyridine rings is 1. The quantitative estimate of drug-likeness (QED) is 0.347. The van der Waals surface area contributed by atoms with E-state index in [1.807, 2.05) is 42.5 Å². The summed E-state index contributed by atoms with van der Waals surface area (Å²) in [4.78, 5) is 21.6. The monoisotopic (exact) mass is 519 g/mol. The van der Waals surface area contributed by atoms with E-state index in [0.717, 1.165) is 22.3 Å². The van der Waals surface area contributed by atoms with Crippen LogP contribution in [0.2, 0.25) is 0 Å². The molecule has 0 saturated heterocycles. The maximum atomic E-state index is 15.1. The van der Waals surface area contributed by atoms with Crippen LogP contribution in [0.15, 0.2) is 67.0 Å². The van der Waals surface area contributed by atoms with E-state index in [-0.39, 0.29) is 11.7 Å². The third-order valence-electron chi connectivity index (χ3n) is 7.23. The van der Waals surface area contributed by atoms with Gasteiger partial charge in [0.1, 0.15) is 5.82 Å². The Kier molecular flexibility index (Phi) is 5.02. The van der Waals surface area contributed by atoms with Crippen molar-refractivity contribution < 1.29 is 9.13 Å². The molecule has 0 radical (unpaired) electrons. The van der Waals surface area contributed by atoms with E-state index in [1.54, 1.807) is 30.2 Å². The molecule has 0 saturated carbocycles. The summed E-state index contributed by atoms with van der Waals surface area (Å²) in [6.07, 6.45) is 3.23. The number of aromatic nitrogens is 9. The van der Waals surface area contributed by atoms with Crippen LogP contribution < -0.4 is 4.74 Å². The number of fused-ring (bicyclic) bond motifs is 3. The molecule has 0 spiro atoms. The summed E-state index contributed by atoms with van der Waals surface area (Å²) in [5.74, 6) is 1.13. The number of rotatable bonds is 4. The van der Waals surface area contributed by atoms with Crippen molar-refractivity contribution in [1.29, 1.82) is 0 Å². The van der Waals surface area contributed by atoms with Gasteiger partial charge in [-0.3, -0.25) is 0 Å². The molecule has 11 heteroatoms. The van der Waals surface area contributed by atoms with Crippen molar-refractivity contribution in [1.82, 2.24) is 45.1 Å². The van der Waals surface area contributed by atoms with Crippen molar-refractivity contribution in [2.75, 3.05) is 0 Å². The summed E-state index contributed by atoms with van der Waals surface area (Å²) in [5.41, 5.74) is 4.54. The molecule has 7 rings (SSSR count). The highest BCUT2D eigenvalue weighted by molar-refractivity contribution is 5.68. The highest BCUT2D eigenvalue weighted by Crippen LogP contribution is 2.52. The molecule has 1 atom stereocenters. The van der Waals surface area contributed by atoms with Crippen molar-refractivity contribution in [3.05, 3.63) is 89.8 Å². The molecular formula is C28H22FN9O. The van der Waals surface area contributed by atoms with Crippen LogP contribution in [0.3, 0.4) is 0 Å². The summed E-state index contributed by atoms with van der Waals surface area (Å²) in [7, 11) is 1.79. The lowest BCUT2D eigenvalue weighted by Crippen LogP contribution is -2.32. The molecule has 1 unspecified atom stereocenters. The number of hydrogen-bond acceptors (Lipinski definition) is 8. The van der Waals surface area contributed by atoms with Crippen molar-refractivity contribution in [3.8, 4) is 34.3 Å². The predicted molar refractivity (Wildman–Crippen MR) is 140 cm³/mol. The fourth-order valence-electron chi connectivity index (χ4n) is 5.27. The van der Waals surface area contributed by atoms with Crippen LogP contribution in [0.25, 0.3) is 33.9 Å². The number of halogens is 1. The second-order valence-electron chi connectivity index (χ2n) is 10.0. The normalized spacial score (nSPS) is 14.6. The number of tetrazole rings is 1. The fraction of sp³-hybridized carbons (Fsp3) is 0.179. The second-order valence-corrected chi connectivity index (χ2v) is 10.0. The Hall–Kier alpha value is -5.06. The summed E-state index contributed by atoms with van der Waals surface area (Å²) in [5, 5.41) is 11.7. The molecule has 1 aliphatic heterocycles. The summed E-state index contributed by atoms with van der Waals surface area (Å²) in [6, 6.07) is 16.7. The van der Waals surface area contributed by atoms with Gasteiger partial charge in [0.15, 0.2) is 28.7 Å². The van der Waals surface area contributed by atoms with Gasteiger partial charge < -0.3 is 9.72 Å². The minimum Gasteiger partial charge on any atom is -0.435 e. The van der Waals surface area contributed by atoms with Gasteiger partial charge in [0.2, 0.25) is 5.88 Å². The number of ether oxygens (including phenoxy) is 1. The molecule has 1 N–H and O–H groups in total. The van der Waals surface area contributed by atoms with E-state index >= 15 is 4.39 Å². The minimum atomic E-state index is -0.613. The first-order valence-electron chi connectivity index (χ1n) is 12.4. The van der Waals surface area contributed by atoms with Crippen LogP contribution in [-0.2, 0) is 12.5 Å². The Morgan fingerprint density at radius 3 is 2.49 bits per heavy atom. The maximum Gasteiger partial charge on any atom is 0.223 e. The topological polar surface area (TPSA) is 120 Å². The largest absolute Gasteiger partial charge is 0.435 e. The van der Waals surface area contributed by atoms with Crippen LogP contribution in [0.4, 0.5) is 4.39 Å². The number of benzene rings is 2. The van der Waals surface area contributed by atoms with Crippen molar-refractivity contribution in [2.45, 2.75) is 25.2 Å². The summed E-state index contributed by atoms with van der Waals surface area (Å²) >= 11 is 0. The zero-order chi connectivity index (χ0) is 26.7. The molecule has 10 nitrogen and oxygen atoms in total.